The zero-order valence-electron chi connectivity index (χ0n) is 10.1. The number of aromatic nitrogens is 2. The molecule has 3 N–H and O–H groups in total. The van der Waals surface area contributed by atoms with Crippen LogP contribution in [0.25, 0.3) is 0 Å². The largest absolute Gasteiger partial charge is 0.480 e. The standard InChI is InChI=1S/C10H12F3N3O4/c11-10(12,13)4-20-3-8(17)16-7(9(18)19)1-6-2-14-5-15-6/h2,5,7H,1,3-4H2,(H,14,15)(H,16,17)(H,18,19)/t7-/m0/s1. The number of nitrogens with one attached hydrogen (secondary N) is 2. The molecule has 0 fully saturated rings. The van der Waals surface area contributed by atoms with Crippen LogP contribution in [-0.2, 0) is 20.7 Å². The van der Waals surface area contributed by atoms with Gasteiger partial charge in [0.15, 0.2) is 0 Å². The van der Waals surface area contributed by atoms with Crippen LogP contribution in [0.3, 0.4) is 0 Å². The summed E-state index contributed by atoms with van der Waals surface area (Å²) in [7, 11) is 0. The fourth-order valence-electron chi connectivity index (χ4n) is 1.31. The molecule has 0 radical (unpaired) electrons. The van der Waals surface area contributed by atoms with Crippen LogP contribution in [0.15, 0.2) is 12.5 Å². The van der Waals surface area contributed by atoms with Gasteiger partial charge in [0.25, 0.3) is 0 Å². The summed E-state index contributed by atoms with van der Waals surface area (Å²) in [6.07, 6.45) is -1.90. The maximum Gasteiger partial charge on any atom is 0.411 e. The van der Waals surface area contributed by atoms with E-state index in [0.29, 0.717) is 5.69 Å². The number of carboxylic acid groups (broad SMARTS) is 1. The van der Waals surface area contributed by atoms with Crippen molar-refractivity contribution < 1.29 is 32.6 Å². The van der Waals surface area contributed by atoms with Gasteiger partial charge in [-0.25, -0.2) is 9.78 Å². The Labute approximate surface area is 111 Å². The molecule has 0 aliphatic carbocycles. The van der Waals surface area contributed by atoms with E-state index in [4.69, 9.17) is 5.11 Å². The number of hydrogen-bond donors (Lipinski definition) is 3. The summed E-state index contributed by atoms with van der Waals surface area (Å²) in [6, 6.07) is -1.28. The highest BCUT2D eigenvalue weighted by Gasteiger charge is 2.28. The first-order chi connectivity index (χ1) is 9.28. The fraction of sp³-hybridized carbons (Fsp3) is 0.500. The number of imidazole rings is 1. The number of aromatic amines is 1. The molecule has 0 aliphatic heterocycles. The third-order valence-electron chi connectivity index (χ3n) is 2.11. The van der Waals surface area contributed by atoms with Gasteiger partial charge in [0.1, 0.15) is 19.3 Å². The first kappa shape index (κ1) is 16.0. The average Bonchev–Trinajstić information content (AvgIpc) is 2.79. The van der Waals surface area contributed by atoms with E-state index in [1.807, 2.05) is 0 Å². The quantitative estimate of drug-likeness (QED) is 0.662. The van der Waals surface area contributed by atoms with Crippen LogP contribution in [-0.4, -0.2) is 52.4 Å². The first-order valence-electron chi connectivity index (χ1n) is 5.42. The number of ether oxygens (including phenoxy) is 1. The Morgan fingerprint density at radius 1 is 1.50 bits per heavy atom. The van der Waals surface area contributed by atoms with Gasteiger partial charge in [-0.2, -0.15) is 13.2 Å². The monoisotopic (exact) mass is 295 g/mol. The third kappa shape index (κ3) is 6.18. The average molecular weight is 295 g/mol. The van der Waals surface area contributed by atoms with E-state index in [-0.39, 0.29) is 6.42 Å². The van der Waals surface area contributed by atoms with E-state index >= 15 is 0 Å². The van der Waals surface area contributed by atoms with Crippen LogP contribution in [0.2, 0.25) is 0 Å². The molecular formula is C10H12F3N3O4. The van der Waals surface area contributed by atoms with Gasteiger partial charge in [-0.1, -0.05) is 0 Å². The maximum atomic E-state index is 11.8. The Hall–Kier alpha value is -2.10. The molecule has 0 unspecified atom stereocenters. The predicted molar refractivity (Wildman–Crippen MR) is 58.7 cm³/mol. The summed E-state index contributed by atoms with van der Waals surface area (Å²) in [6.45, 7) is -2.44. The normalized spacial score (nSPS) is 12.9. The Morgan fingerprint density at radius 2 is 2.20 bits per heavy atom. The van der Waals surface area contributed by atoms with Crippen molar-refractivity contribution in [2.24, 2.45) is 0 Å². The molecule has 0 aliphatic rings. The molecule has 0 aromatic carbocycles. The van der Waals surface area contributed by atoms with Gasteiger partial charge in [-0.3, -0.25) is 4.79 Å². The van der Waals surface area contributed by atoms with Crippen molar-refractivity contribution in [1.29, 1.82) is 0 Å². The molecular weight excluding hydrogens is 283 g/mol. The first-order valence-corrected chi connectivity index (χ1v) is 5.42. The van der Waals surface area contributed by atoms with Crippen LogP contribution >= 0.6 is 0 Å². The number of amides is 1. The zero-order chi connectivity index (χ0) is 15.2. The second-order valence-corrected chi connectivity index (χ2v) is 3.85. The van der Waals surface area contributed by atoms with Crippen molar-refractivity contribution in [3.8, 4) is 0 Å². The van der Waals surface area contributed by atoms with Crippen LogP contribution < -0.4 is 5.32 Å². The minimum absolute atomic E-state index is 0.0691. The molecule has 0 spiro atoms. The van der Waals surface area contributed by atoms with E-state index in [2.05, 4.69) is 20.0 Å². The zero-order valence-corrected chi connectivity index (χ0v) is 10.1. The van der Waals surface area contributed by atoms with Gasteiger partial charge in [-0.05, 0) is 0 Å². The summed E-state index contributed by atoms with van der Waals surface area (Å²) >= 11 is 0. The lowest BCUT2D eigenvalue weighted by Crippen LogP contribution is -2.44. The Morgan fingerprint density at radius 3 is 2.70 bits per heavy atom. The number of aliphatic carboxylic acids is 1. The number of carbonyl (C=O) groups is 2. The number of H-pyrrole nitrogens is 1. The molecule has 1 atom stereocenters. The van der Waals surface area contributed by atoms with Crippen LogP contribution in [0.4, 0.5) is 13.2 Å². The van der Waals surface area contributed by atoms with Gasteiger partial charge in [0.2, 0.25) is 5.91 Å². The van der Waals surface area contributed by atoms with E-state index in [9.17, 15) is 22.8 Å². The van der Waals surface area contributed by atoms with Gasteiger partial charge in [0.05, 0.1) is 6.33 Å². The highest BCUT2D eigenvalue weighted by Crippen LogP contribution is 2.14. The highest BCUT2D eigenvalue weighted by molar-refractivity contribution is 5.84. The fourth-order valence-corrected chi connectivity index (χ4v) is 1.31. The number of hydrogen-bond acceptors (Lipinski definition) is 4. The van der Waals surface area contributed by atoms with Crippen molar-refractivity contribution in [3.63, 3.8) is 0 Å². The van der Waals surface area contributed by atoms with E-state index < -0.39 is 37.3 Å². The van der Waals surface area contributed by atoms with Gasteiger partial charge < -0.3 is 20.1 Å². The molecule has 1 amide bonds. The van der Waals surface area contributed by atoms with E-state index in [1.54, 1.807) is 0 Å². The molecule has 112 valence electrons. The van der Waals surface area contributed by atoms with Crippen LogP contribution in [0.5, 0.6) is 0 Å². The molecule has 20 heavy (non-hydrogen) atoms. The van der Waals surface area contributed by atoms with Crippen molar-refractivity contribution in [2.45, 2.75) is 18.6 Å². The smallest absolute Gasteiger partial charge is 0.411 e. The predicted octanol–water partition coefficient (Wildman–Crippen LogP) is 0.101. The molecule has 0 saturated carbocycles. The summed E-state index contributed by atoms with van der Waals surface area (Å²) in [4.78, 5) is 28.5. The lowest BCUT2D eigenvalue weighted by Gasteiger charge is -2.14. The molecule has 1 aromatic heterocycles. The number of alkyl halides is 3. The van der Waals surface area contributed by atoms with Gasteiger partial charge in [-0.15, -0.1) is 0 Å². The Balaban J connectivity index is 2.41. The number of halogens is 3. The summed E-state index contributed by atoms with van der Waals surface area (Å²) < 4.78 is 39.5. The summed E-state index contributed by atoms with van der Waals surface area (Å²) in [5.41, 5.74) is 0.467. The second kappa shape index (κ2) is 6.89. The molecule has 10 heteroatoms. The minimum Gasteiger partial charge on any atom is -0.480 e. The number of carbonyl (C=O) groups excluding carboxylic acids is 1. The third-order valence-corrected chi connectivity index (χ3v) is 2.11. The lowest BCUT2D eigenvalue weighted by atomic mass is 10.1. The molecule has 0 bridgehead atoms. The minimum atomic E-state index is -4.54. The highest BCUT2D eigenvalue weighted by atomic mass is 19.4. The number of rotatable bonds is 7. The van der Waals surface area contributed by atoms with Crippen molar-refractivity contribution >= 4 is 11.9 Å². The van der Waals surface area contributed by atoms with Gasteiger partial charge in [0, 0.05) is 18.3 Å². The molecule has 1 heterocycles. The molecule has 1 rings (SSSR count). The number of carboxylic acids is 1. The molecule has 0 saturated heterocycles. The van der Waals surface area contributed by atoms with Crippen LogP contribution in [0.1, 0.15) is 5.69 Å². The molecule has 7 nitrogen and oxygen atoms in total. The number of nitrogens with zero attached hydrogens (tertiary/aromatic N) is 1. The maximum absolute atomic E-state index is 11.8. The van der Waals surface area contributed by atoms with E-state index in [0.717, 1.165) is 0 Å². The van der Waals surface area contributed by atoms with E-state index in [1.165, 1.54) is 12.5 Å². The molecule has 1 aromatic rings. The topological polar surface area (TPSA) is 104 Å². The summed E-state index contributed by atoms with van der Waals surface area (Å²) in [5.74, 6) is -2.26. The van der Waals surface area contributed by atoms with Crippen molar-refractivity contribution in [1.82, 2.24) is 15.3 Å². The van der Waals surface area contributed by atoms with Crippen molar-refractivity contribution in [3.05, 3.63) is 18.2 Å². The summed E-state index contributed by atoms with van der Waals surface area (Å²) in [5, 5.41) is 11.0. The SMILES string of the molecule is O=C(COCC(F)(F)F)N[C@@H](Cc1cnc[nH]1)C(=O)O. The van der Waals surface area contributed by atoms with Crippen molar-refractivity contribution in [2.75, 3.05) is 13.2 Å². The lowest BCUT2D eigenvalue weighted by molar-refractivity contribution is -0.176. The Bertz CT molecular complexity index is 447. The second-order valence-electron chi connectivity index (χ2n) is 3.85. The van der Waals surface area contributed by atoms with Crippen LogP contribution in [0, 0.1) is 0 Å². The van der Waals surface area contributed by atoms with Gasteiger partial charge >= 0.3 is 12.1 Å². The Kier molecular flexibility index (Phi) is 5.50.